The van der Waals surface area contributed by atoms with Gasteiger partial charge in [-0.1, -0.05) is 26.7 Å². The molecule has 0 saturated heterocycles. The van der Waals surface area contributed by atoms with Crippen LogP contribution in [0.2, 0.25) is 0 Å². The van der Waals surface area contributed by atoms with Crippen molar-refractivity contribution in [3.05, 3.63) is 0 Å². The minimum absolute atomic E-state index is 0.0480. The maximum absolute atomic E-state index is 11.6. The Kier molecular flexibility index (Phi) is 5.74. The van der Waals surface area contributed by atoms with Crippen LogP contribution in [-0.4, -0.2) is 12.6 Å². The van der Waals surface area contributed by atoms with Crippen LogP contribution in [0.1, 0.15) is 58.8 Å². The predicted molar refractivity (Wildman–Crippen MR) is 61.6 cm³/mol. The zero-order chi connectivity index (χ0) is 11.1. The molecule has 1 saturated carbocycles. The molecule has 0 bridgehead atoms. The zero-order valence-corrected chi connectivity index (χ0v) is 10.1. The van der Waals surface area contributed by atoms with Gasteiger partial charge >= 0.3 is 5.97 Å². The van der Waals surface area contributed by atoms with E-state index in [9.17, 15) is 4.79 Å². The molecule has 0 spiro atoms. The van der Waals surface area contributed by atoms with Crippen molar-refractivity contribution in [2.75, 3.05) is 6.61 Å². The number of ether oxygens (including phenoxy) is 1. The summed E-state index contributed by atoms with van der Waals surface area (Å²) in [5.41, 5.74) is 0. The highest BCUT2D eigenvalue weighted by Crippen LogP contribution is 2.32. The first-order chi connectivity index (χ1) is 7.27. The molecule has 0 aromatic heterocycles. The van der Waals surface area contributed by atoms with Gasteiger partial charge < -0.3 is 4.74 Å². The van der Waals surface area contributed by atoms with Gasteiger partial charge in [-0.3, -0.25) is 4.79 Å². The van der Waals surface area contributed by atoms with Gasteiger partial charge in [-0.2, -0.15) is 0 Å². The van der Waals surface area contributed by atoms with Crippen LogP contribution in [0.5, 0.6) is 0 Å². The number of esters is 1. The first kappa shape index (κ1) is 12.5. The molecule has 0 atom stereocenters. The fourth-order valence-corrected chi connectivity index (χ4v) is 2.42. The van der Waals surface area contributed by atoms with E-state index in [0.717, 1.165) is 25.2 Å². The zero-order valence-electron chi connectivity index (χ0n) is 10.1. The average Bonchev–Trinajstić information content (AvgIpc) is 2.27. The van der Waals surface area contributed by atoms with Gasteiger partial charge in [0.05, 0.1) is 12.5 Å². The fraction of sp³-hybridized carbons (Fsp3) is 0.923. The fourth-order valence-electron chi connectivity index (χ4n) is 2.42. The highest BCUT2D eigenvalue weighted by atomic mass is 16.5. The van der Waals surface area contributed by atoms with Gasteiger partial charge in [-0.25, -0.2) is 0 Å². The normalized spacial score (nSPS) is 26.3. The Labute approximate surface area is 93.4 Å². The third-order valence-corrected chi connectivity index (χ3v) is 3.33. The Morgan fingerprint density at radius 1 is 1.13 bits per heavy atom. The second-order valence-corrected chi connectivity index (χ2v) is 4.67. The van der Waals surface area contributed by atoms with Crippen molar-refractivity contribution in [1.82, 2.24) is 0 Å². The SMILES string of the molecule is CCCOC(=O)C1CCC(CCC)CC1. The van der Waals surface area contributed by atoms with E-state index in [1.54, 1.807) is 0 Å². The molecule has 88 valence electrons. The molecule has 1 aliphatic rings. The molecule has 0 N–H and O–H groups in total. The van der Waals surface area contributed by atoms with Gasteiger partial charge in [0.15, 0.2) is 0 Å². The monoisotopic (exact) mass is 212 g/mol. The van der Waals surface area contributed by atoms with Crippen molar-refractivity contribution < 1.29 is 9.53 Å². The van der Waals surface area contributed by atoms with Crippen LogP contribution in [0.4, 0.5) is 0 Å². The van der Waals surface area contributed by atoms with E-state index in [0.29, 0.717) is 6.61 Å². The topological polar surface area (TPSA) is 26.3 Å². The molecule has 0 unspecified atom stereocenters. The van der Waals surface area contributed by atoms with Crippen molar-refractivity contribution in [1.29, 1.82) is 0 Å². The standard InChI is InChI=1S/C13H24O2/c1-3-5-11-6-8-12(9-7-11)13(14)15-10-4-2/h11-12H,3-10H2,1-2H3. The maximum atomic E-state index is 11.6. The number of carbonyl (C=O) groups is 1. The van der Waals surface area contributed by atoms with Gasteiger partial charge in [0.25, 0.3) is 0 Å². The summed E-state index contributed by atoms with van der Waals surface area (Å²) in [6.07, 6.45) is 8.07. The molecule has 2 heteroatoms. The molecular formula is C13H24O2. The first-order valence-corrected chi connectivity index (χ1v) is 6.44. The summed E-state index contributed by atoms with van der Waals surface area (Å²) in [6.45, 7) is 4.86. The van der Waals surface area contributed by atoms with E-state index in [-0.39, 0.29) is 11.9 Å². The quantitative estimate of drug-likeness (QED) is 0.651. The van der Waals surface area contributed by atoms with Crippen LogP contribution >= 0.6 is 0 Å². The molecule has 1 fully saturated rings. The second-order valence-electron chi connectivity index (χ2n) is 4.67. The van der Waals surface area contributed by atoms with Crippen molar-refractivity contribution in [2.45, 2.75) is 58.8 Å². The van der Waals surface area contributed by atoms with Crippen molar-refractivity contribution in [2.24, 2.45) is 11.8 Å². The molecule has 15 heavy (non-hydrogen) atoms. The third-order valence-electron chi connectivity index (χ3n) is 3.33. The lowest BCUT2D eigenvalue weighted by Crippen LogP contribution is -2.24. The number of hydrogen-bond acceptors (Lipinski definition) is 2. The highest BCUT2D eigenvalue weighted by molar-refractivity contribution is 5.72. The molecule has 0 aromatic carbocycles. The summed E-state index contributed by atoms with van der Waals surface area (Å²) in [5.74, 6) is 1.11. The average molecular weight is 212 g/mol. The molecule has 1 aliphatic carbocycles. The van der Waals surface area contributed by atoms with Crippen LogP contribution in [0, 0.1) is 11.8 Å². The molecular weight excluding hydrogens is 188 g/mol. The lowest BCUT2D eigenvalue weighted by Gasteiger charge is -2.26. The Morgan fingerprint density at radius 2 is 1.80 bits per heavy atom. The lowest BCUT2D eigenvalue weighted by atomic mass is 9.80. The van der Waals surface area contributed by atoms with Gasteiger partial charge in [0, 0.05) is 0 Å². The Hall–Kier alpha value is -0.530. The molecule has 1 rings (SSSR count). The van der Waals surface area contributed by atoms with Gasteiger partial charge in [-0.05, 0) is 38.0 Å². The van der Waals surface area contributed by atoms with E-state index in [1.807, 2.05) is 6.92 Å². The third kappa shape index (κ3) is 4.23. The Bertz CT molecular complexity index is 181. The van der Waals surface area contributed by atoms with Gasteiger partial charge in [0.2, 0.25) is 0 Å². The number of rotatable bonds is 5. The first-order valence-electron chi connectivity index (χ1n) is 6.44. The van der Waals surface area contributed by atoms with E-state index in [1.165, 1.54) is 25.7 Å². The van der Waals surface area contributed by atoms with Crippen molar-refractivity contribution in [3.63, 3.8) is 0 Å². The molecule has 0 radical (unpaired) electrons. The summed E-state index contributed by atoms with van der Waals surface area (Å²) in [4.78, 5) is 11.6. The van der Waals surface area contributed by atoms with Crippen LogP contribution in [0.3, 0.4) is 0 Å². The summed E-state index contributed by atoms with van der Waals surface area (Å²) in [5, 5.41) is 0. The van der Waals surface area contributed by atoms with E-state index >= 15 is 0 Å². The minimum Gasteiger partial charge on any atom is -0.465 e. The van der Waals surface area contributed by atoms with Crippen molar-refractivity contribution >= 4 is 5.97 Å². The summed E-state index contributed by atoms with van der Waals surface area (Å²) in [6, 6.07) is 0. The Balaban J connectivity index is 2.21. The van der Waals surface area contributed by atoms with Crippen molar-refractivity contribution in [3.8, 4) is 0 Å². The van der Waals surface area contributed by atoms with E-state index < -0.39 is 0 Å². The van der Waals surface area contributed by atoms with Gasteiger partial charge in [0.1, 0.15) is 0 Å². The molecule has 2 nitrogen and oxygen atoms in total. The van der Waals surface area contributed by atoms with E-state index in [2.05, 4.69) is 6.92 Å². The highest BCUT2D eigenvalue weighted by Gasteiger charge is 2.26. The van der Waals surface area contributed by atoms with E-state index in [4.69, 9.17) is 4.74 Å². The second kappa shape index (κ2) is 6.86. The predicted octanol–water partition coefficient (Wildman–Crippen LogP) is 3.55. The van der Waals surface area contributed by atoms with Crippen LogP contribution < -0.4 is 0 Å². The summed E-state index contributed by atoms with van der Waals surface area (Å²) in [7, 11) is 0. The molecule has 0 amide bonds. The number of hydrogen-bond donors (Lipinski definition) is 0. The number of carbonyl (C=O) groups excluding carboxylic acids is 1. The van der Waals surface area contributed by atoms with Gasteiger partial charge in [-0.15, -0.1) is 0 Å². The lowest BCUT2D eigenvalue weighted by molar-refractivity contribution is -0.150. The van der Waals surface area contributed by atoms with Crippen LogP contribution in [0.15, 0.2) is 0 Å². The molecule has 0 aliphatic heterocycles. The minimum atomic E-state index is 0.0480. The van der Waals surface area contributed by atoms with Crippen LogP contribution in [0.25, 0.3) is 0 Å². The summed E-state index contributed by atoms with van der Waals surface area (Å²) >= 11 is 0. The molecule has 0 heterocycles. The van der Waals surface area contributed by atoms with Crippen LogP contribution in [-0.2, 0) is 9.53 Å². The molecule has 0 aromatic rings. The smallest absolute Gasteiger partial charge is 0.308 e. The Morgan fingerprint density at radius 3 is 2.33 bits per heavy atom. The largest absolute Gasteiger partial charge is 0.465 e. The maximum Gasteiger partial charge on any atom is 0.308 e. The summed E-state index contributed by atoms with van der Waals surface area (Å²) < 4.78 is 5.19.